The van der Waals surface area contributed by atoms with Crippen molar-refractivity contribution in [1.82, 2.24) is 0 Å². The van der Waals surface area contributed by atoms with Crippen molar-refractivity contribution in [3.63, 3.8) is 0 Å². The first-order chi connectivity index (χ1) is 10.2. The molecule has 0 aliphatic heterocycles. The Hall–Kier alpha value is -2.42. The lowest BCUT2D eigenvalue weighted by molar-refractivity contribution is 0.0600. The van der Waals surface area contributed by atoms with Crippen molar-refractivity contribution >= 4 is 11.5 Å². The van der Waals surface area contributed by atoms with Crippen LogP contribution in [0.5, 0.6) is 0 Å². The quantitative estimate of drug-likeness (QED) is 0.800. The second-order valence-corrected chi connectivity index (χ2v) is 5.07. The van der Waals surface area contributed by atoms with Crippen LogP contribution in [0.2, 0.25) is 0 Å². The van der Waals surface area contributed by atoms with Crippen molar-refractivity contribution in [3.8, 4) is 0 Å². The molecule has 0 amide bonds. The number of hydrogen-bond donors (Lipinski definition) is 0. The van der Waals surface area contributed by atoms with Gasteiger partial charge in [-0.2, -0.15) is 0 Å². The molecule has 0 fully saturated rings. The van der Waals surface area contributed by atoms with E-state index < -0.39 is 0 Å². The Labute approximate surface area is 122 Å². The fourth-order valence-corrected chi connectivity index (χ4v) is 2.69. The van der Waals surface area contributed by atoms with Gasteiger partial charge in [0.15, 0.2) is 0 Å². The van der Waals surface area contributed by atoms with Crippen LogP contribution in [-0.4, -0.2) is 13.1 Å². The fourth-order valence-electron chi connectivity index (χ4n) is 2.69. The molecule has 0 heterocycles. The van der Waals surface area contributed by atoms with Gasteiger partial charge in [0, 0.05) is 5.56 Å². The van der Waals surface area contributed by atoms with E-state index in [0.29, 0.717) is 12.0 Å². The number of allylic oxidation sites excluding steroid dienone is 2. The third-order valence-electron chi connectivity index (χ3n) is 3.76. The lowest BCUT2D eigenvalue weighted by Gasteiger charge is -2.08. The zero-order chi connectivity index (χ0) is 14.8. The molecule has 0 atom stereocenters. The highest BCUT2D eigenvalue weighted by atomic mass is 19.1. The van der Waals surface area contributed by atoms with E-state index in [9.17, 15) is 9.18 Å². The Morgan fingerprint density at radius 1 is 1.19 bits per heavy atom. The summed E-state index contributed by atoms with van der Waals surface area (Å²) < 4.78 is 18.6. The summed E-state index contributed by atoms with van der Waals surface area (Å²) in [6.45, 7) is 0. The Balaban J connectivity index is 1.82. The topological polar surface area (TPSA) is 26.3 Å². The highest BCUT2D eigenvalue weighted by Gasteiger charge is 2.18. The van der Waals surface area contributed by atoms with E-state index in [1.807, 2.05) is 18.2 Å². The van der Waals surface area contributed by atoms with Crippen molar-refractivity contribution in [3.05, 3.63) is 76.6 Å². The van der Waals surface area contributed by atoms with Crippen molar-refractivity contribution in [2.24, 2.45) is 0 Å². The molecule has 2 nitrogen and oxygen atoms in total. The van der Waals surface area contributed by atoms with Gasteiger partial charge in [0.2, 0.25) is 0 Å². The third kappa shape index (κ3) is 2.59. The van der Waals surface area contributed by atoms with Crippen LogP contribution in [0.25, 0.3) is 5.57 Å². The molecule has 0 aromatic heterocycles. The molecule has 0 radical (unpaired) electrons. The molecule has 3 heteroatoms. The number of esters is 1. The predicted octanol–water partition coefficient (Wildman–Crippen LogP) is 3.79. The summed E-state index contributed by atoms with van der Waals surface area (Å²) >= 11 is 0. The standard InChI is InChI=1S/C18H15FO2/c1-21-18(20)14-7-5-12(6-8-14)11-15-10-9-13-3-2-4-16(19)17(13)15/h2-8,10H,9,11H2,1H3. The lowest BCUT2D eigenvalue weighted by atomic mass is 9.98. The first kappa shape index (κ1) is 13.6. The van der Waals surface area contributed by atoms with Gasteiger partial charge < -0.3 is 4.74 Å². The van der Waals surface area contributed by atoms with Crippen molar-refractivity contribution in [2.75, 3.05) is 7.11 Å². The fraction of sp³-hybridized carbons (Fsp3) is 0.167. The van der Waals surface area contributed by atoms with Crippen LogP contribution in [0, 0.1) is 5.82 Å². The first-order valence-electron chi connectivity index (χ1n) is 6.83. The highest BCUT2D eigenvalue weighted by Crippen LogP contribution is 2.32. The molecule has 0 spiro atoms. The zero-order valence-electron chi connectivity index (χ0n) is 11.7. The third-order valence-corrected chi connectivity index (χ3v) is 3.76. The summed E-state index contributed by atoms with van der Waals surface area (Å²) in [5, 5.41) is 0. The molecule has 1 aliphatic rings. The largest absolute Gasteiger partial charge is 0.465 e. The normalized spacial score (nSPS) is 12.8. The molecule has 0 saturated heterocycles. The van der Waals surface area contributed by atoms with Crippen molar-refractivity contribution in [2.45, 2.75) is 12.8 Å². The minimum Gasteiger partial charge on any atom is -0.465 e. The summed E-state index contributed by atoms with van der Waals surface area (Å²) in [7, 11) is 1.36. The van der Waals surface area contributed by atoms with Gasteiger partial charge in [0.25, 0.3) is 0 Å². The van der Waals surface area contributed by atoms with E-state index in [2.05, 4.69) is 10.8 Å². The molecule has 3 rings (SSSR count). The summed E-state index contributed by atoms with van der Waals surface area (Å²) in [6, 6.07) is 12.4. The van der Waals surface area contributed by atoms with Crippen LogP contribution in [-0.2, 0) is 17.6 Å². The van der Waals surface area contributed by atoms with Gasteiger partial charge >= 0.3 is 5.97 Å². The predicted molar refractivity (Wildman–Crippen MR) is 79.6 cm³/mol. The van der Waals surface area contributed by atoms with Crippen LogP contribution in [0.3, 0.4) is 0 Å². The SMILES string of the molecule is COC(=O)c1ccc(CC2=CCc3cccc(F)c32)cc1. The van der Waals surface area contributed by atoms with Crippen LogP contribution >= 0.6 is 0 Å². The van der Waals surface area contributed by atoms with Gasteiger partial charge in [-0.1, -0.05) is 30.3 Å². The maximum atomic E-state index is 14.0. The van der Waals surface area contributed by atoms with Gasteiger partial charge in [-0.25, -0.2) is 9.18 Å². The Bertz CT molecular complexity index is 714. The zero-order valence-corrected chi connectivity index (χ0v) is 11.7. The molecule has 0 bridgehead atoms. The molecule has 21 heavy (non-hydrogen) atoms. The van der Waals surface area contributed by atoms with Crippen molar-refractivity contribution < 1.29 is 13.9 Å². The maximum absolute atomic E-state index is 14.0. The minimum absolute atomic E-state index is 0.164. The first-order valence-corrected chi connectivity index (χ1v) is 6.83. The highest BCUT2D eigenvalue weighted by molar-refractivity contribution is 5.89. The maximum Gasteiger partial charge on any atom is 0.337 e. The molecule has 1 aliphatic carbocycles. The molecule has 2 aromatic rings. The number of rotatable bonds is 3. The molecule has 2 aromatic carbocycles. The number of halogens is 1. The Morgan fingerprint density at radius 3 is 2.67 bits per heavy atom. The number of hydrogen-bond acceptors (Lipinski definition) is 2. The lowest BCUT2D eigenvalue weighted by Crippen LogP contribution is -2.01. The molecule has 0 saturated carbocycles. The van der Waals surface area contributed by atoms with E-state index in [-0.39, 0.29) is 11.8 Å². The van der Waals surface area contributed by atoms with Gasteiger partial charge in [-0.3, -0.25) is 0 Å². The number of carbonyl (C=O) groups excluding carboxylic acids is 1. The van der Waals surface area contributed by atoms with Crippen LogP contribution in [0.15, 0.2) is 48.5 Å². The monoisotopic (exact) mass is 282 g/mol. The molecule has 106 valence electrons. The van der Waals surface area contributed by atoms with Gasteiger partial charge in [-0.15, -0.1) is 0 Å². The molecular weight excluding hydrogens is 267 g/mol. The molecule has 0 N–H and O–H groups in total. The molecular formula is C18H15FO2. The number of ether oxygens (including phenoxy) is 1. The average Bonchev–Trinajstić information content (AvgIpc) is 2.92. The number of methoxy groups -OCH3 is 1. The van der Waals surface area contributed by atoms with Gasteiger partial charge in [0.05, 0.1) is 12.7 Å². The van der Waals surface area contributed by atoms with E-state index in [1.165, 1.54) is 13.2 Å². The number of fused-ring (bicyclic) bond motifs is 1. The van der Waals surface area contributed by atoms with Gasteiger partial charge in [-0.05, 0) is 47.7 Å². The van der Waals surface area contributed by atoms with Gasteiger partial charge in [0.1, 0.15) is 5.82 Å². The second-order valence-electron chi connectivity index (χ2n) is 5.07. The summed E-state index contributed by atoms with van der Waals surface area (Å²) in [4.78, 5) is 11.4. The summed E-state index contributed by atoms with van der Waals surface area (Å²) in [6.07, 6.45) is 3.51. The van der Waals surface area contributed by atoms with E-state index in [0.717, 1.165) is 28.7 Å². The Morgan fingerprint density at radius 2 is 1.95 bits per heavy atom. The summed E-state index contributed by atoms with van der Waals surface area (Å²) in [5.74, 6) is -0.513. The minimum atomic E-state index is -0.349. The van der Waals surface area contributed by atoms with E-state index in [4.69, 9.17) is 0 Å². The Kier molecular flexibility index (Phi) is 3.57. The number of carbonyl (C=O) groups is 1. The van der Waals surface area contributed by atoms with Crippen LogP contribution in [0.4, 0.5) is 4.39 Å². The van der Waals surface area contributed by atoms with Crippen molar-refractivity contribution in [1.29, 1.82) is 0 Å². The van der Waals surface area contributed by atoms with Crippen LogP contribution < -0.4 is 0 Å². The van der Waals surface area contributed by atoms with E-state index >= 15 is 0 Å². The number of benzene rings is 2. The van der Waals surface area contributed by atoms with E-state index in [1.54, 1.807) is 18.2 Å². The molecule has 0 unspecified atom stereocenters. The average molecular weight is 282 g/mol. The summed E-state index contributed by atoms with van der Waals surface area (Å²) in [5.41, 5.74) is 4.35. The van der Waals surface area contributed by atoms with Crippen LogP contribution in [0.1, 0.15) is 27.0 Å². The smallest absolute Gasteiger partial charge is 0.337 e. The second kappa shape index (κ2) is 5.52.